The second kappa shape index (κ2) is 7.76. The van der Waals surface area contributed by atoms with Gasteiger partial charge in [-0.1, -0.05) is 37.4 Å². The first kappa shape index (κ1) is 14.7. The number of piperidine rings is 1. The van der Waals surface area contributed by atoms with E-state index in [0.29, 0.717) is 0 Å². The van der Waals surface area contributed by atoms with Crippen molar-refractivity contribution >= 4 is 11.6 Å². The van der Waals surface area contributed by atoms with Crippen molar-refractivity contribution in [1.29, 1.82) is 0 Å². The maximum Gasteiger partial charge on any atom is 0.137 e. The Kier molecular flexibility index (Phi) is 5.99. The maximum absolute atomic E-state index is 6.28. The highest BCUT2D eigenvalue weighted by Crippen LogP contribution is 2.26. The van der Waals surface area contributed by atoms with E-state index in [0.717, 1.165) is 36.8 Å². The quantitative estimate of drug-likeness (QED) is 0.712. The van der Waals surface area contributed by atoms with Crippen LogP contribution in [0.25, 0.3) is 0 Å². The second-order valence-corrected chi connectivity index (χ2v) is 5.71. The Balaban J connectivity index is 1.90. The van der Waals surface area contributed by atoms with Gasteiger partial charge in [-0.25, -0.2) is 0 Å². The van der Waals surface area contributed by atoms with Crippen molar-refractivity contribution in [3.63, 3.8) is 0 Å². The van der Waals surface area contributed by atoms with E-state index in [9.17, 15) is 0 Å². The first-order valence-electron chi connectivity index (χ1n) is 7.43. The molecule has 0 N–H and O–H groups in total. The molecule has 1 aliphatic rings. The van der Waals surface area contributed by atoms with Gasteiger partial charge in [0.2, 0.25) is 0 Å². The van der Waals surface area contributed by atoms with Gasteiger partial charge in [0.15, 0.2) is 0 Å². The molecule has 1 aromatic rings. The molecule has 2 nitrogen and oxygen atoms in total. The number of ether oxygens (including phenoxy) is 1. The van der Waals surface area contributed by atoms with E-state index >= 15 is 0 Å². The fourth-order valence-corrected chi connectivity index (χ4v) is 2.72. The average molecular weight is 282 g/mol. The molecule has 0 bridgehead atoms. The number of nitrogens with zero attached hydrogens (tertiary/aromatic N) is 1. The highest BCUT2D eigenvalue weighted by atomic mass is 35.5. The smallest absolute Gasteiger partial charge is 0.137 e. The second-order valence-electron chi connectivity index (χ2n) is 5.30. The molecule has 106 valence electrons. The van der Waals surface area contributed by atoms with Crippen molar-refractivity contribution in [3.05, 3.63) is 28.8 Å². The third kappa shape index (κ3) is 4.70. The fraction of sp³-hybridized carbons (Fsp3) is 0.625. The molecule has 1 heterocycles. The zero-order valence-electron chi connectivity index (χ0n) is 11.8. The number of unbranched alkanes of at least 4 members (excludes halogenated alkanes) is 1. The Morgan fingerprint density at radius 1 is 1.21 bits per heavy atom. The van der Waals surface area contributed by atoms with Crippen LogP contribution in [0.3, 0.4) is 0 Å². The number of benzene rings is 1. The predicted octanol–water partition coefficient (Wildman–Crippen LogP) is 4.50. The summed E-state index contributed by atoms with van der Waals surface area (Å²) in [5.74, 6) is 0.817. The molecule has 1 fully saturated rings. The lowest BCUT2D eigenvalue weighted by Crippen LogP contribution is -2.29. The van der Waals surface area contributed by atoms with Crippen LogP contribution >= 0.6 is 11.6 Å². The van der Waals surface area contributed by atoms with E-state index in [4.69, 9.17) is 16.3 Å². The molecule has 0 aliphatic carbocycles. The number of hydrogen-bond acceptors (Lipinski definition) is 2. The van der Waals surface area contributed by atoms with Gasteiger partial charge in [-0.15, -0.1) is 0 Å². The summed E-state index contributed by atoms with van der Waals surface area (Å²) in [5.41, 5.74) is 1.29. The van der Waals surface area contributed by atoms with Crippen molar-refractivity contribution in [2.75, 3.05) is 19.7 Å². The Morgan fingerprint density at radius 3 is 2.68 bits per heavy atom. The Morgan fingerprint density at radius 2 is 2.00 bits per heavy atom. The molecule has 0 unspecified atom stereocenters. The number of halogens is 1. The van der Waals surface area contributed by atoms with E-state index in [1.54, 1.807) is 0 Å². The van der Waals surface area contributed by atoms with Crippen molar-refractivity contribution in [2.45, 2.75) is 45.6 Å². The summed E-state index contributed by atoms with van der Waals surface area (Å²) in [6, 6.07) is 6.20. The van der Waals surface area contributed by atoms with Gasteiger partial charge in [-0.2, -0.15) is 0 Å². The molecule has 2 rings (SSSR count). The first-order valence-corrected chi connectivity index (χ1v) is 7.81. The van der Waals surface area contributed by atoms with Crippen LogP contribution in [0.2, 0.25) is 5.02 Å². The van der Waals surface area contributed by atoms with E-state index in [2.05, 4.69) is 24.0 Å². The van der Waals surface area contributed by atoms with Crippen LogP contribution in [0.4, 0.5) is 0 Å². The number of rotatable bonds is 6. The molecule has 1 aromatic carbocycles. The number of hydrogen-bond donors (Lipinski definition) is 0. The van der Waals surface area contributed by atoms with Crippen molar-refractivity contribution in [3.8, 4) is 5.75 Å². The molecule has 0 amide bonds. The minimum atomic E-state index is 0.741. The van der Waals surface area contributed by atoms with Crippen LogP contribution in [0.1, 0.15) is 44.6 Å². The van der Waals surface area contributed by atoms with Crippen molar-refractivity contribution in [2.24, 2.45) is 0 Å². The summed E-state index contributed by atoms with van der Waals surface area (Å²) < 4.78 is 5.68. The van der Waals surface area contributed by atoms with E-state index < -0.39 is 0 Å². The van der Waals surface area contributed by atoms with Gasteiger partial charge in [-0.3, -0.25) is 4.90 Å². The summed E-state index contributed by atoms with van der Waals surface area (Å²) in [5, 5.41) is 0.741. The molecule has 0 aromatic heterocycles. The van der Waals surface area contributed by atoms with Gasteiger partial charge < -0.3 is 4.74 Å². The zero-order chi connectivity index (χ0) is 13.5. The third-order valence-electron chi connectivity index (χ3n) is 3.61. The van der Waals surface area contributed by atoms with Crippen molar-refractivity contribution in [1.82, 2.24) is 4.90 Å². The SMILES string of the molecule is CCCCOc1ccc(CN2CCCCC2)cc1Cl. The van der Waals surface area contributed by atoms with Crippen LogP contribution in [0.15, 0.2) is 18.2 Å². The van der Waals surface area contributed by atoms with E-state index in [-0.39, 0.29) is 0 Å². The molecular formula is C16H24ClNO. The highest BCUT2D eigenvalue weighted by Gasteiger charge is 2.11. The number of likely N-dealkylation sites (tertiary alicyclic amines) is 1. The van der Waals surface area contributed by atoms with Crippen LogP contribution in [0, 0.1) is 0 Å². The van der Waals surface area contributed by atoms with Gasteiger partial charge in [0.1, 0.15) is 5.75 Å². The first-order chi connectivity index (χ1) is 9.29. The molecule has 0 atom stereocenters. The Bertz CT molecular complexity index is 388. The molecule has 3 heteroatoms. The molecule has 0 spiro atoms. The Hall–Kier alpha value is -0.730. The maximum atomic E-state index is 6.28. The molecule has 1 saturated heterocycles. The predicted molar refractivity (Wildman–Crippen MR) is 81.0 cm³/mol. The fourth-order valence-electron chi connectivity index (χ4n) is 2.46. The highest BCUT2D eigenvalue weighted by molar-refractivity contribution is 6.32. The zero-order valence-corrected chi connectivity index (χ0v) is 12.6. The largest absolute Gasteiger partial charge is 0.492 e. The van der Waals surface area contributed by atoms with Gasteiger partial charge in [0.25, 0.3) is 0 Å². The molecular weight excluding hydrogens is 258 g/mol. The summed E-state index contributed by atoms with van der Waals surface area (Å²) in [6.45, 7) is 6.35. The summed E-state index contributed by atoms with van der Waals surface area (Å²) in [7, 11) is 0. The standard InChI is InChI=1S/C16H24ClNO/c1-2-3-11-19-16-8-7-14(12-15(16)17)13-18-9-5-4-6-10-18/h7-8,12H,2-6,9-11,13H2,1H3. The third-order valence-corrected chi connectivity index (χ3v) is 3.90. The molecule has 19 heavy (non-hydrogen) atoms. The monoisotopic (exact) mass is 281 g/mol. The minimum Gasteiger partial charge on any atom is -0.492 e. The molecule has 0 radical (unpaired) electrons. The topological polar surface area (TPSA) is 12.5 Å². The Labute approximate surface area is 121 Å². The van der Waals surface area contributed by atoms with Crippen LogP contribution in [-0.4, -0.2) is 24.6 Å². The van der Waals surface area contributed by atoms with Crippen LogP contribution in [0.5, 0.6) is 5.75 Å². The van der Waals surface area contributed by atoms with Crippen molar-refractivity contribution < 1.29 is 4.74 Å². The molecule has 1 aliphatic heterocycles. The summed E-state index contributed by atoms with van der Waals surface area (Å²) in [4.78, 5) is 2.51. The van der Waals surface area contributed by atoms with Gasteiger partial charge in [-0.05, 0) is 50.0 Å². The average Bonchev–Trinajstić information content (AvgIpc) is 2.43. The van der Waals surface area contributed by atoms with Crippen LogP contribution in [-0.2, 0) is 6.54 Å². The summed E-state index contributed by atoms with van der Waals surface area (Å²) >= 11 is 6.28. The lowest BCUT2D eigenvalue weighted by atomic mass is 10.1. The molecule has 0 saturated carbocycles. The van der Waals surface area contributed by atoms with E-state index in [1.807, 2.05) is 6.07 Å². The normalized spacial score (nSPS) is 16.5. The lowest BCUT2D eigenvalue weighted by Gasteiger charge is -2.26. The van der Waals surface area contributed by atoms with E-state index in [1.165, 1.54) is 37.9 Å². The van der Waals surface area contributed by atoms with Gasteiger partial charge in [0.05, 0.1) is 11.6 Å². The minimum absolute atomic E-state index is 0.741. The lowest BCUT2D eigenvalue weighted by molar-refractivity contribution is 0.221. The summed E-state index contributed by atoms with van der Waals surface area (Å²) in [6.07, 6.45) is 6.25. The van der Waals surface area contributed by atoms with Gasteiger partial charge in [0, 0.05) is 6.54 Å². The van der Waals surface area contributed by atoms with Crippen LogP contribution < -0.4 is 4.74 Å². The van der Waals surface area contributed by atoms with Gasteiger partial charge >= 0.3 is 0 Å².